The Bertz CT molecular complexity index is 915. The van der Waals surface area contributed by atoms with Crippen LogP contribution in [-0.4, -0.2) is 29.8 Å². The number of furan rings is 1. The van der Waals surface area contributed by atoms with E-state index in [2.05, 4.69) is 5.32 Å². The van der Waals surface area contributed by atoms with Crippen molar-refractivity contribution in [2.45, 2.75) is 6.92 Å². The van der Waals surface area contributed by atoms with Crippen molar-refractivity contribution in [1.29, 1.82) is 0 Å². The number of rotatable bonds is 5. The summed E-state index contributed by atoms with van der Waals surface area (Å²) in [5.41, 5.74) is 0.951. The number of halogens is 2. The van der Waals surface area contributed by atoms with Crippen LogP contribution in [0, 0.1) is 0 Å². The van der Waals surface area contributed by atoms with Gasteiger partial charge >= 0.3 is 0 Å². The topological polar surface area (TPSA) is 62.6 Å². The number of para-hydroxylation sites is 2. The summed E-state index contributed by atoms with van der Waals surface area (Å²) in [5, 5.41) is 4.14. The first-order valence-electron chi connectivity index (χ1n) is 8.01. The van der Waals surface area contributed by atoms with Gasteiger partial charge in [-0.2, -0.15) is 0 Å². The summed E-state index contributed by atoms with van der Waals surface area (Å²) in [5.74, 6) is -0.563. The first kappa shape index (κ1) is 18.3. The van der Waals surface area contributed by atoms with Gasteiger partial charge in [0.15, 0.2) is 5.76 Å². The fraction of sp³-hybridized carbons (Fsp3) is 0.158. The van der Waals surface area contributed by atoms with Crippen LogP contribution in [0.2, 0.25) is 10.0 Å². The zero-order valence-electron chi connectivity index (χ0n) is 14.0. The normalized spacial score (nSPS) is 10.7. The molecule has 2 amide bonds. The molecule has 1 heterocycles. The third-order valence-electron chi connectivity index (χ3n) is 3.87. The standard InChI is InChI=1S/C19H16Cl2N2O3/c1-2-23(11-17(24)22-18-13(20)7-5-8-14(18)21)19(25)16-10-12-6-3-4-9-15(12)26-16/h3-10H,2,11H2,1H3,(H,22,24). The molecule has 0 fully saturated rings. The molecule has 0 radical (unpaired) electrons. The van der Waals surface area contributed by atoms with E-state index < -0.39 is 5.91 Å². The molecule has 1 N–H and O–H groups in total. The minimum absolute atomic E-state index is 0.145. The van der Waals surface area contributed by atoms with Gasteiger partial charge in [-0.05, 0) is 31.2 Å². The number of anilines is 1. The second-order valence-electron chi connectivity index (χ2n) is 5.61. The molecule has 2 aromatic carbocycles. The first-order chi connectivity index (χ1) is 12.5. The summed E-state index contributed by atoms with van der Waals surface area (Å²) >= 11 is 12.1. The summed E-state index contributed by atoms with van der Waals surface area (Å²) in [4.78, 5) is 26.4. The fourth-order valence-corrected chi connectivity index (χ4v) is 3.03. The first-order valence-corrected chi connectivity index (χ1v) is 8.77. The lowest BCUT2D eigenvalue weighted by molar-refractivity contribution is -0.116. The molecule has 0 atom stereocenters. The average molecular weight is 391 g/mol. The number of carbonyl (C=O) groups excluding carboxylic acids is 2. The molecule has 0 bridgehead atoms. The summed E-state index contributed by atoms with van der Waals surface area (Å²) in [7, 11) is 0. The zero-order chi connectivity index (χ0) is 18.7. The number of likely N-dealkylation sites (N-methyl/N-ethyl adjacent to an activating group) is 1. The molecule has 0 aliphatic heterocycles. The lowest BCUT2D eigenvalue weighted by Gasteiger charge is -2.19. The number of nitrogens with zero attached hydrogens (tertiary/aromatic N) is 1. The number of fused-ring (bicyclic) bond motifs is 1. The zero-order valence-corrected chi connectivity index (χ0v) is 15.5. The van der Waals surface area contributed by atoms with E-state index in [0.29, 0.717) is 27.9 Å². The third-order valence-corrected chi connectivity index (χ3v) is 4.50. The van der Waals surface area contributed by atoms with Crippen molar-refractivity contribution in [2.24, 2.45) is 0 Å². The summed E-state index contributed by atoms with van der Waals surface area (Å²) in [6, 6.07) is 13.9. The highest BCUT2D eigenvalue weighted by Gasteiger charge is 2.21. The van der Waals surface area contributed by atoms with E-state index >= 15 is 0 Å². The molecule has 134 valence electrons. The smallest absolute Gasteiger partial charge is 0.290 e. The quantitative estimate of drug-likeness (QED) is 0.677. The Morgan fingerprint density at radius 3 is 2.42 bits per heavy atom. The average Bonchev–Trinajstić information content (AvgIpc) is 3.06. The van der Waals surface area contributed by atoms with Crippen LogP contribution in [0.25, 0.3) is 11.0 Å². The van der Waals surface area contributed by atoms with Gasteiger partial charge in [0, 0.05) is 11.9 Å². The Morgan fingerprint density at radius 1 is 1.08 bits per heavy atom. The van der Waals surface area contributed by atoms with Crippen LogP contribution in [0.4, 0.5) is 5.69 Å². The summed E-state index contributed by atoms with van der Waals surface area (Å²) in [6.45, 7) is 1.99. The molecule has 0 aliphatic carbocycles. The Kier molecular flexibility index (Phi) is 5.49. The number of amides is 2. The van der Waals surface area contributed by atoms with E-state index in [1.54, 1.807) is 37.3 Å². The maximum atomic E-state index is 12.7. The van der Waals surface area contributed by atoms with Crippen LogP contribution in [-0.2, 0) is 4.79 Å². The van der Waals surface area contributed by atoms with Crippen molar-refractivity contribution in [2.75, 3.05) is 18.4 Å². The summed E-state index contributed by atoms with van der Waals surface area (Å²) < 4.78 is 5.59. The molecule has 0 saturated carbocycles. The molecular weight excluding hydrogens is 375 g/mol. The van der Waals surface area contributed by atoms with Crippen molar-refractivity contribution in [1.82, 2.24) is 4.90 Å². The molecule has 1 aromatic heterocycles. The molecule has 0 aliphatic rings. The fourth-order valence-electron chi connectivity index (χ4n) is 2.54. The van der Waals surface area contributed by atoms with Gasteiger partial charge in [-0.25, -0.2) is 0 Å². The van der Waals surface area contributed by atoms with E-state index in [0.717, 1.165) is 5.39 Å². The minimum Gasteiger partial charge on any atom is -0.451 e. The van der Waals surface area contributed by atoms with E-state index in [-0.39, 0.29) is 18.2 Å². The van der Waals surface area contributed by atoms with Crippen molar-refractivity contribution in [3.8, 4) is 0 Å². The van der Waals surface area contributed by atoms with Crippen LogP contribution in [0.5, 0.6) is 0 Å². The Hall–Kier alpha value is -2.50. The molecule has 3 rings (SSSR count). The highest BCUT2D eigenvalue weighted by molar-refractivity contribution is 6.39. The maximum absolute atomic E-state index is 12.7. The Morgan fingerprint density at radius 2 is 1.77 bits per heavy atom. The van der Waals surface area contributed by atoms with Crippen LogP contribution < -0.4 is 5.32 Å². The second-order valence-corrected chi connectivity index (χ2v) is 6.43. The predicted octanol–water partition coefficient (Wildman–Crippen LogP) is 4.84. The maximum Gasteiger partial charge on any atom is 0.290 e. The minimum atomic E-state index is -0.397. The molecule has 3 aromatic rings. The van der Waals surface area contributed by atoms with Gasteiger partial charge in [0.25, 0.3) is 5.91 Å². The van der Waals surface area contributed by atoms with Crippen LogP contribution in [0.1, 0.15) is 17.5 Å². The van der Waals surface area contributed by atoms with Crippen molar-refractivity contribution in [3.63, 3.8) is 0 Å². The van der Waals surface area contributed by atoms with Gasteiger partial charge in [-0.3, -0.25) is 9.59 Å². The predicted molar refractivity (Wildman–Crippen MR) is 103 cm³/mol. The van der Waals surface area contributed by atoms with E-state index in [1.807, 2.05) is 18.2 Å². The van der Waals surface area contributed by atoms with Gasteiger partial charge in [0.2, 0.25) is 5.91 Å². The SMILES string of the molecule is CCN(CC(=O)Nc1c(Cl)cccc1Cl)C(=O)c1cc2ccccc2o1. The monoisotopic (exact) mass is 390 g/mol. The number of hydrogen-bond acceptors (Lipinski definition) is 3. The second kappa shape index (κ2) is 7.81. The number of hydrogen-bond donors (Lipinski definition) is 1. The highest BCUT2D eigenvalue weighted by atomic mass is 35.5. The molecule has 7 heteroatoms. The van der Waals surface area contributed by atoms with E-state index in [9.17, 15) is 9.59 Å². The van der Waals surface area contributed by atoms with Crippen molar-refractivity contribution >= 4 is 51.7 Å². The van der Waals surface area contributed by atoms with Gasteiger partial charge in [0.1, 0.15) is 12.1 Å². The molecule has 5 nitrogen and oxygen atoms in total. The van der Waals surface area contributed by atoms with Crippen LogP contribution >= 0.6 is 23.2 Å². The molecule has 26 heavy (non-hydrogen) atoms. The number of nitrogens with one attached hydrogen (secondary N) is 1. The van der Waals surface area contributed by atoms with Gasteiger partial charge in [0.05, 0.1) is 15.7 Å². The van der Waals surface area contributed by atoms with Gasteiger partial charge in [-0.1, -0.05) is 47.5 Å². The van der Waals surface area contributed by atoms with E-state index in [1.165, 1.54) is 4.90 Å². The van der Waals surface area contributed by atoms with Crippen LogP contribution in [0.15, 0.2) is 52.9 Å². The third kappa shape index (κ3) is 3.84. The Balaban J connectivity index is 1.74. The van der Waals surface area contributed by atoms with Gasteiger partial charge in [-0.15, -0.1) is 0 Å². The molecule has 0 spiro atoms. The molecule has 0 unspecified atom stereocenters. The number of carbonyl (C=O) groups is 2. The number of benzene rings is 2. The lowest BCUT2D eigenvalue weighted by atomic mass is 10.2. The molecular formula is C19H16Cl2N2O3. The molecule has 0 saturated heterocycles. The van der Waals surface area contributed by atoms with Gasteiger partial charge < -0.3 is 14.6 Å². The van der Waals surface area contributed by atoms with Crippen molar-refractivity contribution in [3.05, 3.63) is 64.3 Å². The van der Waals surface area contributed by atoms with Crippen molar-refractivity contribution < 1.29 is 14.0 Å². The summed E-state index contributed by atoms with van der Waals surface area (Å²) in [6.07, 6.45) is 0. The van der Waals surface area contributed by atoms with E-state index in [4.69, 9.17) is 27.6 Å². The highest BCUT2D eigenvalue weighted by Crippen LogP contribution is 2.29. The lowest BCUT2D eigenvalue weighted by Crippen LogP contribution is -2.37. The van der Waals surface area contributed by atoms with Crippen LogP contribution in [0.3, 0.4) is 0 Å². The Labute approximate surface area is 160 Å². The largest absolute Gasteiger partial charge is 0.451 e.